The quantitative estimate of drug-likeness (QED) is 0.349. The number of amides is 2. The fraction of sp³-hybridized carbons (Fsp3) is 0.310. The van der Waals surface area contributed by atoms with Crippen LogP contribution in [0, 0.1) is 0 Å². The van der Waals surface area contributed by atoms with E-state index >= 15 is 0 Å². The Morgan fingerprint density at radius 2 is 1.49 bits per heavy atom. The molecule has 0 radical (unpaired) electrons. The van der Waals surface area contributed by atoms with E-state index in [1.807, 2.05) is 36.4 Å². The molecule has 0 aliphatic heterocycles. The highest BCUT2D eigenvalue weighted by Gasteiger charge is 2.33. The highest BCUT2D eigenvalue weighted by Crippen LogP contribution is 2.24. The first-order valence-corrected chi connectivity index (χ1v) is 14.4. The fourth-order valence-electron chi connectivity index (χ4n) is 4.19. The van der Waals surface area contributed by atoms with Gasteiger partial charge in [-0.3, -0.25) is 13.9 Å². The average molecular weight is 554 g/mol. The number of sulfonamides is 1. The molecule has 9 nitrogen and oxygen atoms in total. The van der Waals surface area contributed by atoms with Crippen LogP contribution >= 0.6 is 0 Å². The molecule has 3 aromatic carbocycles. The van der Waals surface area contributed by atoms with E-state index in [4.69, 9.17) is 9.47 Å². The van der Waals surface area contributed by atoms with Gasteiger partial charge in [0.15, 0.2) is 0 Å². The third-order valence-corrected chi connectivity index (χ3v) is 7.27. The smallest absolute Gasteiger partial charge is 0.244 e. The van der Waals surface area contributed by atoms with Gasteiger partial charge in [0.25, 0.3) is 0 Å². The molecule has 3 aromatic rings. The second-order valence-electron chi connectivity index (χ2n) is 8.94. The van der Waals surface area contributed by atoms with E-state index in [-0.39, 0.29) is 24.6 Å². The lowest BCUT2D eigenvalue weighted by Gasteiger charge is -2.33. The normalized spacial score (nSPS) is 11.8. The zero-order valence-electron chi connectivity index (χ0n) is 22.7. The van der Waals surface area contributed by atoms with Crippen molar-refractivity contribution in [2.75, 3.05) is 37.9 Å². The molecule has 1 atom stereocenters. The molecule has 0 fully saturated rings. The maximum atomic E-state index is 14.0. The molecule has 0 bridgehead atoms. The molecule has 0 aromatic heterocycles. The van der Waals surface area contributed by atoms with Crippen molar-refractivity contribution in [1.29, 1.82) is 0 Å². The maximum Gasteiger partial charge on any atom is 0.244 e. The predicted octanol–water partition coefficient (Wildman–Crippen LogP) is 3.25. The van der Waals surface area contributed by atoms with Crippen LogP contribution in [0.1, 0.15) is 18.1 Å². The van der Waals surface area contributed by atoms with Gasteiger partial charge < -0.3 is 19.7 Å². The number of methoxy groups -OCH3 is 2. The summed E-state index contributed by atoms with van der Waals surface area (Å²) < 4.78 is 37.3. The number of anilines is 1. The summed E-state index contributed by atoms with van der Waals surface area (Å²) in [5.74, 6) is 0.195. The molecule has 208 valence electrons. The number of benzene rings is 3. The number of carbonyl (C=O) groups excluding carboxylic acids is 2. The van der Waals surface area contributed by atoms with E-state index in [1.54, 1.807) is 56.5 Å². The largest absolute Gasteiger partial charge is 0.497 e. The van der Waals surface area contributed by atoms with Crippen LogP contribution in [0.2, 0.25) is 0 Å². The first-order valence-electron chi connectivity index (χ1n) is 12.5. The molecule has 0 spiro atoms. The highest BCUT2D eigenvalue weighted by molar-refractivity contribution is 7.92. The second kappa shape index (κ2) is 13.7. The number of hydrogen-bond donors (Lipinski definition) is 1. The fourth-order valence-corrected chi connectivity index (χ4v) is 5.03. The van der Waals surface area contributed by atoms with E-state index in [2.05, 4.69) is 5.32 Å². The molecular weight excluding hydrogens is 518 g/mol. The van der Waals surface area contributed by atoms with Crippen LogP contribution in [-0.4, -0.2) is 64.7 Å². The molecule has 1 unspecified atom stereocenters. The topological polar surface area (TPSA) is 105 Å². The van der Waals surface area contributed by atoms with Crippen LogP contribution in [0.5, 0.6) is 11.5 Å². The average Bonchev–Trinajstić information content (AvgIpc) is 2.93. The standard InChI is InChI=1S/C29H35N3O6S/c1-5-30-29(34)27(18-22-11-7-6-8-12-22)31(20-23-13-9-15-25(17-23)37-2)28(33)21-32(39(4,35)36)24-14-10-16-26(19-24)38-3/h6-17,19,27H,5,18,20-21H2,1-4H3,(H,30,34). The molecule has 0 saturated carbocycles. The summed E-state index contributed by atoms with van der Waals surface area (Å²) in [6.07, 6.45) is 1.29. The Kier molecular flexibility index (Phi) is 10.3. The zero-order valence-corrected chi connectivity index (χ0v) is 23.5. The zero-order chi connectivity index (χ0) is 28.4. The third-order valence-electron chi connectivity index (χ3n) is 6.13. The van der Waals surface area contributed by atoms with Crippen LogP contribution in [0.3, 0.4) is 0 Å². The Morgan fingerprint density at radius 1 is 0.872 bits per heavy atom. The van der Waals surface area contributed by atoms with Gasteiger partial charge >= 0.3 is 0 Å². The van der Waals surface area contributed by atoms with Crippen molar-refractivity contribution in [3.8, 4) is 11.5 Å². The van der Waals surface area contributed by atoms with Crippen LogP contribution in [0.4, 0.5) is 5.69 Å². The molecule has 39 heavy (non-hydrogen) atoms. The first-order chi connectivity index (χ1) is 18.7. The minimum absolute atomic E-state index is 0.0698. The lowest BCUT2D eigenvalue weighted by Crippen LogP contribution is -2.53. The molecule has 2 amide bonds. The van der Waals surface area contributed by atoms with Gasteiger partial charge in [-0.25, -0.2) is 8.42 Å². The van der Waals surface area contributed by atoms with Gasteiger partial charge in [-0.15, -0.1) is 0 Å². The van der Waals surface area contributed by atoms with Gasteiger partial charge in [0.05, 0.1) is 26.2 Å². The van der Waals surface area contributed by atoms with Crippen molar-refractivity contribution in [2.45, 2.75) is 25.9 Å². The van der Waals surface area contributed by atoms with Crippen molar-refractivity contribution < 1.29 is 27.5 Å². The highest BCUT2D eigenvalue weighted by atomic mass is 32.2. The van der Waals surface area contributed by atoms with Gasteiger partial charge in [-0.05, 0) is 42.3 Å². The van der Waals surface area contributed by atoms with Crippen molar-refractivity contribution >= 4 is 27.5 Å². The van der Waals surface area contributed by atoms with E-state index in [0.717, 1.165) is 21.7 Å². The minimum atomic E-state index is -3.86. The van der Waals surface area contributed by atoms with Crippen LogP contribution < -0.4 is 19.1 Å². The van der Waals surface area contributed by atoms with E-state index in [0.29, 0.717) is 18.0 Å². The van der Waals surface area contributed by atoms with E-state index in [1.165, 1.54) is 12.0 Å². The molecular formula is C29H35N3O6S. The molecule has 0 saturated heterocycles. The summed E-state index contributed by atoms with van der Waals surface area (Å²) in [5, 5.41) is 2.83. The summed E-state index contributed by atoms with van der Waals surface area (Å²) in [5.41, 5.74) is 1.88. The summed E-state index contributed by atoms with van der Waals surface area (Å²) in [6.45, 7) is 1.76. The third kappa shape index (κ3) is 8.22. The minimum Gasteiger partial charge on any atom is -0.497 e. The Labute approximate surface area is 230 Å². The monoisotopic (exact) mass is 553 g/mol. The van der Waals surface area contributed by atoms with Gasteiger partial charge in [-0.1, -0.05) is 48.5 Å². The van der Waals surface area contributed by atoms with E-state index in [9.17, 15) is 18.0 Å². The van der Waals surface area contributed by atoms with Crippen LogP contribution in [-0.2, 0) is 32.6 Å². The molecule has 3 rings (SSSR count). The van der Waals surface area contributed by atoms with Crippen LogP contribution in [0.25, 0.3) is 0 Å². The number of nitrogens with zero attached hydrogens (tertiary/aromatic N) is 2. The van der Waals surface area contributed by atoms with Crippen molar-refractivity contribution in [2.24, 2.45) is 0 Å². The van der Waals surface area contributed by atoms with Gasteiger partial charge in [0.1, 0.15) is 24.1 Å². The lowest BCUT2D eigenvalue weighted by atomic mass is 10.0. The van der Waals surface area contributed by atoms with E-state index < -0.39 is 28.5 Å². The molecule has 0 heterocycles. The van der Waals surface area contributed by atoms with Crippen molar-refractivity contribution in [3.63, 3.8) is 0 Å². The Bertz CT molecular complexity index is 1360. The number of rotatable bonds is 13. The number of ether oxygens (including phenoxy) is 2. The summed E-state index contributed by atoms with van der Waals surface area (Å²) in [7, 11) is -0.834. The number of nitrogens with one attached hydrogen (secondary N) is 1. The molecule has 1 N–H and O–H groups in total. The van der Waals surface area contributed by atoms with Crippen LogP contribution in [0.15, 0.2) is 78.9 Å². The lowest BCUT2D eigenvalue weighted by molar-refractivity contribution is -0.140. The van der Waals surface area contributed by atoms with Gasteiger partial charge in [-0.2, -0.15) is 0 Å². The van der Waals surface area contributed by atoms with Crippen molar-refractivity contribution in [3.05, 3.63) is 90.0 Å². The molecule has 0 aliphatic rings. The van der Waals surface area contributed by atoms with Crippen molar-refractivity contribution in [1.82, 2.24) is 10.2 Å². The predicted molar refractivity (Wildman–Crippen MR) is 151 cm³/mol. The first kappa shape index (κ1) is 29.5. The molecule has 0 aliphatic carbocycles. The maximum absolute atomic E-state index is 14.0. The Morgan fingerprint density at radius 3 is 2.10 bits per heavy atom. The number of likely N-dealkylation sites (N-methyl/N-ethyl adjacent to an activating group) is 1. The summed E-state index contributed by atoms with van der Waals surface area (Å²) in [4.78, 5) is 28.8. The van der Waals surface area contributed by atoms with Gasteiger partial charge in [0, 0.05) is 25.6 Å². The SMILES string of the molecule is CCNC(=O)C(Cc1ccccc1)N(Cc1cccc(OC)c1)C(=O)CN(c1cccc(OC)c1)S(C)(=O)=O. The summed E-state index contributed by atoms with van der Waals surface area (Å²) >= 11 is 0. The summed E-state index contributed by atoms with van der Waals surface area (Å²) in [6, 6.07) is 22.2. The second-order valence-corrected chi connectivity index (χ2v) is 10.9. The number of carbonyl (C=O) groups is 2. The Balaban J connectivity index is 2.05. The van der Waals surface area contributed by atoms with Gasteiger partial charge in [0.2, 0.25) is 21.8 Å². The molecule has 10 heteroatoms. The Hall–Kier alpha value is -4.05. The number of hydrogen-bond acceptors (Lipinski definition) is 6.